The van der Waals surface area contributed by atoms with Crippen molar-refractivity contribution in [3.05, 3.63) is 59.2 Å². The van der Waals surface area contributed by atoms with Crippen LogP contribution < -0.4 is 10.6 Å². The Labute approximate surface area is 113 Å². The van der Waals surface area contributed by atoms with Gasteiger partial charge in [0.25, 0.3) is 5.91 Å². The summed E-state index contributed by atoms with van der Waals surface area (Å²) in [6, 6.07) is 13.2. The number of nitrogen functional groups attached to an aromatic ring is 1. The molecule has 0 spiro atoms. The van der Waals surface area contributed by atoms with Crippen LogP contribution in [-0.4, -0.2) is 13.0 Å². The fourth-order valence-corrected chi connectivity index (χ4v) is 2.16. The lowest BCUT2D eigenvalue weighted by molar-refractivity contribution is 0.0992. The highest BCUT2D eigenvalue weighted by Gasteiger charge is 2.16. The molecular weight excluding hydrogens is 236 g/mol. The van der Waals surface area contributed by atoms with Gasteiger partial charge >= 0.3 is 0 Å². The summed E-state index contributed by atoms with van der Waals surface area (Å²) >= 11 is 0. The van der Waals surface area contributed by atoms with Crippen LogP contribution in [-0.2, 0) is 0 Å². The van der Waals surface area contributed by atoms with E-state index in [0.717, 1.165) is 16.8 Å². The van der Waals surface area contributed by atoms with Gasteiger partial charge in [-0.2, -0.15) is 0 Å². The first kappa shape index (κ1) is 13.1. The number of benzene rings is 2. The Balaban J connectivity index is 2.37. The summed E-state index contributed by atoms with van der Waals surface area (Å²) in [5.74, 6) is -0.0215. The van der Waals surface area contributed by atoms with E-state index in [1.807, 2.05) is 44.2 Å². The first-order valence-electron chi connectivity index (χ1n) is 6.20. The van der Waals surface area contributed by atoms with Gasteiger partial charge < -0.3 is 10.6 Å². The first-order valence-corrected chi connectivity index (χ1v) is 6.20. The molecule has 3 heteroatoms. The van der Waals surface area contributed by atoms with E-state index in [0.29, 0.717) is 11.3 Å². The second-order valence-electron chi connectivity index (χ2n) is 4.73. The minimum Gasteiger partial charge on any atom is -0.399 e. The highest BCUT2D eigenvalue weighted by atomic mass is 16.2. The van der Waals surface area contributed by atoms with E-state index in [4.69, 9.17) is 5.73 Å². The lowest BCUT2D eigenvalue weighted by Gasteiger charge is -2.20. The van der Waals surface area contributed by atoms with Gasteiger partial charge in [-0.15, -0.1) is 0 Å². The maximum absolute atomic E-state index is 12.5. The zero-order chi connectivity index (χ0) is 14.0. The molecule has 0 fully saturated rings. The number of carbonyl (C=O) groups excluding carboxylic acids is 1. The lowest BCUT2D eigenvalue weighted by atomic mass is 10.1. The maximum Gasteiger partial charge on any atom is 0.258 e. The minimum atomic E-state index is -0.0215. The molecule has 0 radical (unpaired) electrons. The van der Waals surface area contributed by atoms with Crippen LogP contribution in [0.4, 0.5) is 11.4 Å². The average molecular weight is 254 g/mol. The fraction of sp³-hybridized carbons (Fsp3) is 0.188. The second kappa shape index (κ2) is 5.14. The third-order valence-corrected chi connectivity index (χ3v) is 3.26. The number of amides is 1. The van der Waals surface area contributed by atoms with E-state index in [1.165, 1.54) is 0 Å². The van der Waals surface area contributed by atoms with Gasteiger partial charge in [-0.3, -0.25) is 4.79 Å². The van der Waals surface area contributed by atoms with Gasteiger partial charge in [0.05, 0.1) is 0 Å². The van der Waals surface area contributed by atoms with Crippen molar-refractivity contribution in [2.45, 2.75) is 13.8 Å². The molecule has 0 aliphatic heterocycles. The third-order valence-electron chi connectivity index (χ3n) is 3.26. The fourth-order valence-electron chi connectivity index (χ4n) is 2.16. The smallest absolute Gasteiger partial charge is 0.258 e. The largest absolute Gasteiger partial charge is 0.399 e. The van der Waals surface area contributed by atoms with Crippen LogP contribution in [0.15, 0.2) is 42.5 Å². The quantitative estimate of drug-likeness (QED) is 0.837. The van der Waals surface area contributed by atoms with Gasteiger partial charge in [-0.1, -0.05) is 18.2 Å². The van der Waals surface area contributed by atoms with E-state index >= 15 is 0 Å². The third kappa shape index (κ3) is 2.60. The molecule has 0 atom stereocenters. The molecule has 0 unspecified atom stereocenters. The SMILES string of the molecule is Cc1cc(N)ccc1C(=O)N(C)c1ccccc1C. The first-order chi connectivity index (χ1) is 9.00. The monoisotopic (exact) mass is 254 g/mol. The van der Waals surface area contributed by atoms with Crippen LogP contribution in [0, 0.1) is 13.8 Å². The normalized spacial score (nSPS) is 10.3. The summed E-state index contributed by atoms with van der Waals surface area (Å²) in [5.41, 5.74) is 9.96. The Morgan fingerprint density at radius 2 is 1.74 bits per heavy atom. The summed E-state index contributed by atoms with van der Waals surface area (Å²) in [5, 5.41) is 0. The van der Waals surface area contributed by atoms with Crippen molar-refractivity contribution in [2.75, 3.05) is 17.7 Å². The van der Waals surface area contributed by atoms with Crippen molar-refractivity contribution in [3.8, 4) is 0 Å². The number of anilines is 2. The van der Waals surface area contributed by atoms with Crippen molar-refractivity contribution >= 4 is 17.3 Å². The average Bonchev–Trinajstić information content (AvgIpc) is 2.38. The molecule has 0 saturated carbocycles. The molecule has 1 amide bonds. The summed E-state index contributed by atoms with van der Waals surface area (Å²) in [4.78, 5) is 14.2. The van der Waals surface area contributed by atoms with Gasteiger partial charge in [0.2, 0.25) is 0 Å². The minimum absolute atomic E-state index is 0.0215. The van der Waals surface area contributed by atoms with Crippen molar-refractivity contribution in [3.63, 3.8) is 0 Å². The highest BCUT2D eigenvalue weighted by molar-refractivity contribution is 6.07. The Morgan fingerprint density at radius 3 is 2.37 bits per heavy atom. The van der Waals surface area contributed by atoms with Gasteiger partial charge in [0, 0.05) is 24.0 Å². The molecule has 2 rings (SSSR count). The van der Waals surface area contributed by atoms with Crippen molar-refractivity contribution < 1.29 is 4.79 Å². The van der Waals surface area contributed by atoms with E-state index in [2.05, 4.69) is 0 Å². The standard InChI is InChI=1S/C16H18N2O/c1-11-6-4-5-7-15(11)18(3)16(19)14-9-8-13(17)10-12(14)2/h4-10H,17H2,1-3H3. The van der Waals surface area contributed by atoms with Crippen LogP contribution in [0.2, 0.25) is 0 Å². The van der Waals surface area contributed by atoms with Crippen LogP contribution in [0.5, 0.6) is 0 Å². The van der Waals surface area contributed by atoms with E-state index in [1.54, 1.807) is 24.1 Å². The van der Waals surface area contributed by atoms with Crippen molar-refractivity contribution in [1.29, 1.82) is 0 Å². The van der Waals surface area contributed by atoms with Crippen LogP contribution in [0.25, 0.3) is 0 Å². The second-order valence-corrected chi connectivity index (χ2v) is 4.73. The molecule has 0 bridgehead atoms. The zero-order valence-corrected chi connectivity index (χ0v) is 11.5. The van der Waals surface area contributed by atoms with E-state index in [-0.39, 0.29) is 5.91 Å². The molecular formula is C16H18N2O. The van der Waals surface area contributed by atoms with Crippen LogP contribution in [0.1, 0.15) is 21.5 Å². The molecule has 19 heavy (non-hydrogen) atoms. The van der Waals surface area contributed by atoms with E-state index < -0.39 is 0 Å². The number of rotatable bonds is 2. The number of carbonyl (C=O) groups is 1. The molecule has 2 aromatic carbocycles. The van der Waals surface area contributed by atoms with Crippen LogP contribution >= 0.6 is 0 Å². The lowest BCUT2D eigenvalue weighted by Crippen LogP contribution is -2.27. The van der Waals surface area contributed by atoms with Crippen LogP contribution in [0.3, 0.4) is 0 Å². The van der Waals surface area contributed by atoms with Gasteiger partial charge in [0.15, 0.2) is 0 Å². The van der Waals surface area contributed by atoms with Gasteiger partial charge in [0.1, 0.15) is 0 Å². The number of aryl methyl sites for hydroxylation is 2. The number of hydrogen-bond donors (Lipinski definition) is 1. The zero-order valence-electron chi connectivity index (χ0n) is 11.5. The Hall–Kier alpha value is -2.29. The van der Waals surface area contributed by atoms with E-state index in [9.17, 15) is 4.79 Å². The summed E-state index contributed by atoms with van der Waals surface area (Å²) < 4.78 is 0. The number of hydrogen-bond acceptors (Lipinski definition) is 2. The highest BCUT2D eigenvalue weighted by Crippen LogP contribution is 2.21. The molecule has 2 N–H and O–H groups in total. The number of para-hydroxylation sites is 1. The maximum atomic E-state index is 12.5. The Morgan fingerprint density at radius 1 is 1.05 bits per heavy atom. The van der Waals surface area contributed by atoms with Gasteiger partial charge in [-0.05, 0) is 49.2 Å². The van der Waals surface area contributed by atoms with Crippen molar-refractivity contribution in [1.82, 2.24) is 0 Å². The van der Waals surface area contributed by atoms with Crippen molar-refractivity contribution in [2.24, 2.45) is 0 Å². The summed E-state index contributed by atoms with van der Waals surface area (Å²) in [6.07, 6.45) is 0. The summed E-state index contributed by atoms with van der Waals surface area (Å²) in [7, 11) is 1.79. The molecule has 0 aromatic heterocycles. The predicted octanol–water partition coefficient (Wildman–Crippen LogP) is 3.16. The topological polar surface area (TPSA) is 46.3 Å². The molecule has 2 aromatic rings. The van der Waals surface area contributed by atoms with Gasteiger partial charge in [-0.25, -0.2) is 0 Å². The molecule has 3 nitrogen and oxygen atoms in total. The number of nitrogens with two attached hydrogens (primary N) is 1. The molecule has 98 valence electrons. The summed E-state index contributed by atoms with van der Waals surface area (Å²) in [6.45, 7) is 3.89. The molecule has 0 heterocycles. The Kier molecular flexibility index (Phi) is 3.56. The molecule has 0 saturated heterocycles. The predicted molar refractivity (Wildman–Crippen MR) is 79.5 cm³/mol. The Bertz CT molecular complexity index is 620. The molecule has 0 aliphatic carbocycles. The number of nitrogens with zero attached hydrogens (tertiary/aromatic N) is 1. The molecule has 0 aliphatic rings.